The predicted octanol–water partition coefficient (Wildman–Crippen LogP) is 0.790. The first-order valence-corrected chi connectivity index (χ1v) is 9.18. The molecule has 0 spiro atoms. The van der Waals surface area contributed by atoms with E-state index >= 15 is 0 Å². The molecule has 10 heteroatoms. The van der Waals surface area contributed by atoms with Crippen LogP contribution in [0.3, 0.4) is 0 Å². The van der Waals surface area contributed by atoms with E-state index in [0.29, 0.717) is 5.69 Å². The minimum atomic E-state index is -3.33. The van der Waals surface area contributed by atoms with Crippen molar-refractivity contribution in [2.24, 2.45) is 7.05 Å². The van der Waals surface area contributed by atoms with Crippen molar-refractivity contribution < 1.29 is 13.2 Å². The monoisotopic (exact) mass is 387 g/mol. The van der Waals surface area contributed by atoms with Crippen LogP contribution in [0.1, 0.15) is 17.2 Å². The van der Waals surface area contributed by atoms with Gasteiger partial charge in [-0.2, -0.15) is 5.10 Å². The van der Waals surface area contributed by atoms with Crippen molar-refractivity contribution in [2.45, 2.75) is 12.6 Å². The van der Waals surface area contributed by atoms with E-state index in [4.69, 9.17) is 0 Å². The predicted molar refractivity (Wildman–Crippen MR) is 99.0 cm³/mol. The van der Waals surface area contributed by atoms with Gasteiger partial charge >= 0.3 is 0 Å². The molecule has 0 aliphatic rings. The van der Waals surface area contributed by atoms with Crippen molar-refractivity contribution in [3.63, 3.8) is 0 Å². The van der Waals surface area contributed by atoms with Gasteiger partial charge in [0.05, 0.1) is 12.5 Å². The average Bonchev–Trinajstić information content (AvgIpc) is 2.91. The minimum absolute atomic E-state index is 0. The molecule has 1 aromatic heterocycles. The van der Waals surface area contributed by atoms with Gasteiger partial charge in [0.25, 0.3) is 0 Å². The quantitative estimate of drug-likeness (QED) is 0.651. The van der Waals surface area contributed by atoms with Crippen molar-refractivity contribution in [1.82, 2.24) is 20.4 Å². The lowest BCUT2D eigenvalue weighted by atomic mass is 10.1. The first-order valence-electron chi connectivity index (χ1n) is 7.29. The molecule has 1 heterocycles. The van der Waals surface area contributed by atoms with Gasteiger partial charge in [-0.3, -0.25) is 14.2 Å². The van der Waals surface area contributed by atoms with Gasteiger partial charge in [0.1, 0.15) is 6.04 Å². The van der Waals surface area contributed by atoms with Gasteiger partial charge in [-0.15, -0.1) is 12.4 Å². The number of hydrogen-bond acceptors (Lipinski definition) is 5. The van der Waals surface area contributed by atoms with Gasteiger partial charge in [-0.25, -0.2) is 8.42 Å². The molecule has 0 saturated carbocycles. The summed E-state index contributed by atoms with van der Waals surface area (Å²) in [4.78, 5) is 12.3. The number of rotatable bonds is 7. The van der Waals surface area contributed by atoms with E-state index in [1.54, 1.807) is 49.4 Å². The van der Waals surface area contributed by atoms with E-state index < -0.39 is 16.1 Å². The topological polar surface area (TPSA) is 105 Å². The molecule has 1 unspecified atom stereocenters. The highest BCUT2D eigenvalue weighted by Crippen LogP contribution is 2.14. The van der Waals surface area contributed by atoms with E-state index in [9.17, 15) is 13.2 Å². The molecule has 8 nitrogen and oxygen atoms in total. The summed E-state index contributed by atoms with van der Waals surface area (Å²) in [6.07, 6.45) is 4.50. The summed E-state index contributed by atoms with van der Waals surface area (Å²) >= 11 is 0. The maximum absolute atomic E-state index is 12.3. The Labute approximate surface area is 153 Å². The summed E-state index contributed by atoms with van der Waals surface area (Å²) in [6, 6.07) is 6.37. The second kappa shape index (κ2) is 8.84. The van der Waals surface area contributed by atoms with Gasteiger partial charge < -0.3 is 10.6 Å². The number of hydrogen-bond donors (Lipinski definition) is 3. The molecular weight excluding hydrogens is 366 g/mol. The third-order valence-corrected chi connectivity index (χ3v) is 3.91. The first kappa shape index (κ1) is 20.9. The van der Waals surface area contributed by atoms with Crippen molar-refractivity contribution in [2.75, 3.05) is 18.0 Å². The number of aromatic nitrogens is 2. The van der Waals surface area contributed by atoms with E-state index in [0.717, 1.165) is 17.4 Å². The Hall–Kier alpha value is -2.10. The van der Waals surface area contributed by atoms with Crippen molar-refractivity contribution >= 4 is 34.0 Å². The summed E-state index contributed by atoms with van der Waals surface area (Å²) in [6.45, 7) is 0.288. The van der Waals surface area contributed by atoms with Crippen LogP contribution in [0.5, 0.6) is 0 Å². The molecule has 0 fully saturated rings. The SMILES string of the molecule is CNC(C(=O)NCc1cccc(NS(C)(=O)=O)c1)c1cnn(C)c1.Cl. The van der Waals surface area contributed by atoms with Crippen molar-refractivity contribution in [1.29, 1.82) is 0 Å². The number of nitrogens with one attached hydrogen (secondary N) is 3. The number of amides is 1. The molecule has 0 aliphatic carbocycles. The molecule has 25 heavy (non-hydrogen) atoms. The number of nitrogens with zero attached hydrogens (tertiary/aromatic N) is 2. The van der Waals surface area contributed by atoms with Crippen LogP contribution in [-0.2, 0) is 28.4 Å². The zero-order chi connectivity index (χ0) is 17.7. The molecule has 0 aliphatic heterocycles. The molecule has 138 valence electrons. The zero-order valence-electron chi connectivity index (χ0n) is 14.2. The highest BCUT2D eigenvalue weighted by molar-refractivity contribution is 7.92. The van der Waals surface area contributed by atoms with Gasteiger partial charge in [-0.05, 0) is 24.7 Å². The van der Waals surface area contributed by atoms with Crippen molar-refractivity contribution in [3.8, 4) is 0 Å². The minimum Gasteiger partial charge on any atom is -0.350 e. The molecule has 0 saturated heterocycles. The molecule has 0 radical (unpaired) electrons. The Bertz CT molecular complexity index is 822. The second-order valence-corrected chi connectivity index (χ2v) is 7.21. The number of sulfonamides is 1. The van der Waals surface area contributed by atoms with Gasteiger partial charge in [0.15, 0.2) is 0 Å². The fourth-order valence-corrected chi connectivity index (χ4v) is 2.84. The maximum Gasteiger partial charge on any atom is 0.242 e. The van der Waals surface area contributed by atoms with E-state index in [1.807, 2.05) is 6.07 Å². The number of anilines is 1. The third kappa shape index (κ3) is 6.37. The van der Waals surface area contributed by atoms with Crippen LogP contribution in [0.2, 0.25) is 0 Å². The Morgan fingerprint density at radius 3 is 2.64 bits per heavy atom. The molecule has 2 rings (SSSR count). The fourth-order valence-electron chi connectivity index (χ4n) is 2.29. The van der Waals surface area contributed by atoms with E-state index in [1.165, 1.54) is 0 Å². The Balaban J connectivity index is 0.00000312. The summed E-state index contributed by atoms with van der Waals surface area (Å²) < 4.78 is 26.6. The van der Waals surface area contributed by atoms with Crippen LogP contribution in [0.25, 0.3) is 0 Å². The second-order valence-electron chi connectivity index (χ2n) is 5.46. The summed E-state index contributed by atoms with van der Waals surface area (Å²) in [7, 11) is 0.155. The van der Waals surface area contributed by atoms with Crippen LogP contribution >= 0.6 is 12.4 Å². The van der Waals surface area contributed by atoms with Crippen LogP contribution in [-0.4, -0.2) is 37.4 Å². The van der Waals surface area contributed by atoms with Crippen LogP contribution in [0, 0.1) is 0 Å². The van der Waals surface area contributed by atoms with Gasteiger partial charge in [-0.1, -0.05) is 12.1 Å². The maximum atomic E-state index is 12.3. The number of aryl methyl sites for hydroxylation is 1. The molecular formula is C15H22ClN5O3S. The van der Waals surface area contributed by atoms with Gasteiger partial charge in [0, 0.05) is 31.0 Å². The average molecular weight is 388 g/mol. The standard InChI is InChI=1S/C15H21N5O3S.ClH/c1-16-14(12-9-18-20(2)10-12)15(21)17-8-11-5-4-6-13(7-11)19-24(3,22)23;/h4-7,9-10,14,16,19H,8H2,1-3H3,(H,17,21);1H. The lowest BCUT2D eigenvalue weighted by Gasteiger charge is -2.15. The van der Waals surface area contributed by atoms with Crippen LogP contribution in [0.15, 0.2) is 36.7 Å². The van der Waals surface area contributed by atoms with Crippen LogP contribution in [0.4, 0.5) is 5.69 Å². The molecule has 1 aromatic carbocycles. The molecule has 3 N–H and O–H groups in total. The largest absolute Gasteiger partial charge is 0.350 e. The smallest absolute Gasteiger partial charge is 0.242 e. The highest BCUT2D eigenvalue weighted by Gasteiger charge is 2.19. The molecule has 1 amide bonds. The fraction of sp³-hybridized carbons (Fsp3) is 0.333. The third-order valence-electron chi connectivity index (χ3n) is 3.31. The summed E-state index contributed by atoms with van der Waals surface area (Å²) in [5.74, 6) is -0.188. The lowest BCUT2D eigenvalue weighted by molar-refractivity contribution is -0.123. The molecule has 1 atom stereocenters. The summed E-state index contributed by atoms with van der Waals surface area (Å²) in [5, 5.41) is 9.85. The van der Waals surface area contributed by atoms with E-state index in [-0.39, 0.29) is 24.9 Å². The molecule has 2 aromatic rings. The van der Waals surface area contributed by atoms with Gasteiger partial charge in [0.2, 0.25) is 15.9 Å². The Morgan fingerprint density at radius 2 is 2.08 bits per heavy atom. The Kier molecular flexibility index (Phi) is 7.40. The molecule has 0 bridgehead atoms. The number of benzene rings is 1. The number of likely N-dealkylation sites (N-methyl/N-ethyl adjacent to an activating group) is 1. The van der Waals surface area contributed by atoms with Crippen LogP contribution < -0.4 is 15.4 Å². The normalized spacial score (nSPS) is 12.1. The summed E-state index contributed by atoms with van der Waals surface area (Å²) in [5.41, 5.74) is 2.02. The highest BCUT2D eigenvalue weighted by atomic mass is 35.5. The Morgan fingerprint density at radius 1 is 1.36 bits per heavy atom. The lowest BCUT2D eigenvalue weighted by Crippen LogP contribution is -2.35. The first-order chi connectivity index (χ1) is 11.3. The van der Waals surface area contributed by atoms with Crippen molar-refractivity contribution in [3.05, 3.63) is 47.8 Å². The number of halogens is 1. The number of carbonyl (C=O) groups is 1. The number of carbonyl (C=O) groups excluding carboxylic acids is 1. The zero-order valence-corrected chi connectivity index (χ0v) is 15.8. The van der Waals surface area contributed by atoms with E-state index in [2.05, 4.69) is 20.5 Å².